The Balaban J connectivity index is 4.51. The topological polar surface area (TPSA) is 34.1 Å². The molecule has 1 unspecified atom stereocenters. The number of unbranched alkanes of at least 4 members (excludes halogenated alkanes) is 7. The largest absolute Gasteiger partial charge is 0.294 e. The van der Waals surface area contributed by atoms with Crippen molar-refractivity contribution in [3.8, 4) is 0 Å². The average Bonchev–Trinajstić information content (AvgIpc) is 2.47. The first kappa shape index (κ1) is 20.6. The van der Waals surface area contributed by atoms with E-state index in [1.165, 1.54) is 12.8 Å². The lowest BCUT2D eigenvalue weighted by molar-refractivity contribution is -0.115. The normalized spacial score (nSPS) is 13.4. The molecular formula is C18H34O2S. The van der Waals surface area contributed by atoms with Gasteiger partial charge in [-0.1, -0.05) is 65.4 Å². The molecule has 0 radical (unpaired) electrons. The lowest BCUT2D eigenvalue weighted by Gasteiger charge is -2.07. The van der Waals surface area contributed by atoms with Crippen LogP contribution in [-0.4, -0.2) is 15.7 Å². The number of hydrogen-bond donors (Lipinski definition) is 0. The van der Waals surface area contributed by atoms with E-state index in [4.69, 9.17) is 0 Å². The summed E-state index contributed by atoms with van der Waals surface area (Å²) in [5, 5.41) is 0. The molecule has 0 N–H and O–H groups in total. The van der Waals surface area contributed by atoms with Crippen LogP contribution >= 0.6 is 0 Å². The van der Waals surface area contributed by atoms with Gasteiger partial charge in [-0.2, -0.15) is 0 Å². The summed E-state index contributed by atoms with van der Waals surface area (Å²) in [6.45, 7) is 6.44. The van der Waals surface area contributed by atoms with Crippen molar-refractivity contribution in [3.05, 3.63) is 11.0 Å². The van der Waals surface area contributed by atoms with E-state index in [2.05, 4.69) is 20.8 Å². The fraction of sp³-hybridized carbons (Fsp3) is 0.833. The van der Waals surface area contributed by atoms with Gasteiger partial charge >= 0.3 is 0 Å². The van der Waals surface area contributed by atoms with Gasteiger partial charge in [-0.3, -0.25) is 9.00 Å². The molecule has 0 aliphatic carbocycles. The Morgan fingerprint density at radius 3 is 2.05 bits per heavy atom. The summed E-state index contributed by atoms with van der Waals surface area (Å²) in [6.07, 6.45) is 13.2. The third kappa shape index (κ3) is 10.9. The SMILES string of the molecule is CCCCC/C=C(/C(=O)CCCCC)S(=O)CCCCC. The van der Waals surface area contributed by atoms with Crippen molar-refractivity contribution < 1.29 is 9.00 Å². The first-order valence-corrected chi connectivity index (χ1v) is 10.1. The molecule has 3 heteroatoms. The Hall–Kier alpha value is -0.440. The second-order valence-electron chi connectivity index (χ2n) is 5.70. The van der Waals surface area contributed by atoms with Crippen molar-refractivity contribution in [1.29, 1.82) is 0 Å². The van der Waals surface area contributed by atoms with Crippen molar-refractivity contribution in [2.75, 3.05) is 5.75 Å². The lowest BCUT2D eigenvalue weighted by Crippen LogP contribution is -2.11. The van der Waals surface area contributed by atoms with E-state index in [1.807, 2.05) is 6.08 Å². The summed E-state index contributed by atoms with van der Waals surface area (Å²) in [7, 11) is -1.09. The van der Waals surface area contributed by atoms with Crippen LogP contribution in [0.15, 0.2) is 11.0 Å². The van der Waals surface area contributed by atoms with E-state index in [0.29, 0.717) is 17.1 Å². The highest BCUT2D eigenvalue weighted by molar-refractivity contribution is 7.90. The molecule has 1 atom stereocenters. The molecule has 0 spiro atoms. The van der Waals surface area contributed by atoms with Crippen LogP contribution < -0.4 is 0 Å². The van der Waals surface area contributed by atoms with Gasteiger partial charge in [-0.25, -0.2) is 0 Å². The molecule has 0 aromatic heterocycles. The highest BCUT2D eigenvalue weighted by atomic mass is 32.2. The number of carbonyl (C=O) groups excluding carboxylic acids is 1. The first-order chi connectivity index (χ1) is 10.2. The number of ketones is 1. The molecule has 0 saturated carbocycles. The second-order valence-corrected chi connectivity index (χ2v) is 7.24. The Labute approximate surface area is 134 Å². The monoisotopic (exact) mass is 314 g/mol. The zero-order valence-corrected chi connectivity index (χ0v) is 15.1. The third-order valence-corrected chi connectivity index (χ3v) is 5.14. The Morgan fingerprint density at radius 1 is 0.857 bits per heavy atom. The van der Waals surface area contributed by atoms with Gasteiger partial charge in [0.15, 0.2) is 5.78 Å². The standard InChI is InChI=1S/C18H34O2S/c1-4-7-10-12-15-18(17(19)14-11-8-5-2)21(20)16-13-9-6-3/h15H,4-14,16H2,1-3H3/b18-15-. The molecule has 21 heavy (non-hydrogen) atoms. The highest BCUT2D eigenvalue weighted by Gasteiger charge is 2.15. The van der Waals surface area contributed by atoms with Crippen molar-refractivity contribution in [2.45, 2.75) is 91.4 Å². The maximum absolute atomic E-state index is 12.4. The van der Waals surface area contributed by atoms with Crippen LogP contribution in [0.4, 0.5) is 0 Å². The third-order valence-electron chi connectivity index (χ3n) is 3.60. The van der Waals surface area contributed by atoms with Gasteiger partial charge in [0.2, 0.25) is 0 Å². The van der Waals surface area contributed by atoms with E-state index in [-0.39, 0.29) is 5.78 Å². The van der Waals surface area contributed by atoms with Crippen LogP contribution in [-0.2, 0) is 15.6 Å². The van der Waals surface area contributed by atoms with E-state index in [9.17, 15) is 9.00 Å². The molecule has 0 saturated heterocycles. The molecule has 0 aliphatic heterocycles. The number of allylic oxidation sites excluding steroid dienone is 2. The zero-order chi connectivity index (χ0) is 15.9. The second kappa shape index (κ2) is 14.5. The maximum atomic E-state index is 12.4. The number of carbonyl (C=O) groups is 1. The van der Waals surface area contributed by atoms with E-state index >= 15 is 0 Å². The molecule has 0 aliphatic rings. The van der Waals surface area contributed by atoms with Gasteiger partial charge in [-0.15, -0.1) is 0 Å². The van der Waals surface area contributed by atoms with E-state index in [1.54, 1.807) is 0 Å². The Kier molecular flexibility index (Phi) is 14.2. The summed E-state index contributed by atoms with van der Waals surface area (Å²) in [4.78, 5) is 12.9. The number of hydrogen-bond acceptors (Lipinski definition) is 2. The summed E-state index contributed by atoms with van der Waals surface area (Å²) >= 11 is 0. The predicted molar refractivity (Wildman–Crippen MR) is 93.9 cm³/mol. The highest BCUT2D eigenvalue weighted by Crippen LogP contribution is 2.14. The molecule has 0 aromatic rings. The zero-order valence-electron chi connectivity index (χ0n) is 14.3. The van der Waals surface area contributed by atoms with Gasteiger partial charge < -0.3 is 0 Å². The van der Waals surface area contributed by atoms with Gasteiger partial charge in [-0.05, 0) is 25.7 Å². The molecule has 0 amide bonds. The lowest BCUT2D eigenvalue weighted by atomic mass is 10.1. The van der Waals surface area contributed by atoms with Crippen LogP contribution in [0.25, 0.3) is 0 Å². The van der Waals surface area contributed by atoms with Crippen LogP contribution in [0.3, 0.4) is 0 Å². The summed E-state index contributed by atoms with van der Waals surface area (Å²) in [6, 6.07) is 0. The van der Waals surface area contributed by atoms with Gasteiger partial charge in [0, 0.05) is 12.2 Å². The van der Waals surface area contributed by atoms with E-state index < -0.39 is 10.8 Å². The smallest absolute Gasteiger partial charge is 0.171 e. The van der Waals surface area contributed by atoms with Gasteiger partial charge in [0.25, 0.3) is 0 Å². The number of Topliss-reactive ketones (excluding diaryl/α,β-unsaturated/α-hetero) is 1. The molecular weight excluding hydrogens is 280 g/mol. The molecule has 124 valence electrons. The molecule has 0 bridgehead atoms. The van der Waals surface area contributed by atoms with Crippen molar-refractivity contribution in [2.24, 2.45) is 0 Å². The minimum Gasteiger partial charge on any atom is -0.294 e. The van der Waals surface area contributed by atoms with Crippen LogP contribution in [0.1, 0.15) is 91.4 Å². The van der Waals surface area contributed by atoms with Crippen molar-refractivity contribution in [3.63, 3.8) is 0 Å². The predicted octanol–water partition coefficient (Wildman–Crippen LogP) is 5.54. The van der Waals surface area contributed by atoms with Crippen molar-refractivity contribution in [1.82, 2.24) is 0 Å². The fourth-order valence-electron chi connectivity index (χ4n) is 2.21. The minimum absolute atomic E-state index is 0.120. The molecule has 0 heterocycles. The Bertz CT molecular complexity index is 297. The molecule has 0 fully saturated rings. The van der Waals surface area contributed by atoms with Crippen molar-refractivity contribution >= 4 is 16.6 Å². The average molecular weight is 315 g/mol. The summed E-state index contributed by atoms with van der Waals surface area (Å²) < 4.78 is 12.4. The molecule has 0 rings (SSSR count). The van der Waals surface area contributed by atoms with Crippen LogP contribution in [0, 0.1) is 0 Å². The maximum Gasteiger partial charge on any atom is 0.171 e. The van der Waals surface area contributed by atoms with Crippen LogP contribution in [0.2, 0.25) is 0 Å². The fourth-order valence-corrected chi connectivity index (χ4v) is 3.56. The van der Waals surface area contributed by atoms with Crippen LogP contribution in [0.5, 0.6) is 0 Å². The number of rotatable bonds is 14. The Morgan fingerprint density at radius 2 is 1.43 bits per heavy atom. The quantitative estimate of drug-likeness (QED) is 0.311. The molecule has 0 aromatic carbocycles. The van der Waals surface area contributed by atoms with Gasteiger partial charge in [0.1, 0.15) is 0 Å². The van der Waals surface area contributed by atoms with E-state index in [0.717, 1.165) is 51.4 Å². The minimum atomic E-state index is -1.09. The first-order valence-electron chi connectivity index (χ1n) is 8.79. The summed E-state index contributed by atoms with van der Waals surface area (Å²) in [5.74, 6) is 0.766. The van der Waals surface area contributed by atoms with Gasteiger partial charge in [0.05, 0.1) is 15.7 Å². The molecule has 2 nitrogen and oxygen atoms in total. The summed E-state index contributed by atoms with van der Waals surface area (Å²) in [5.41, 5.74) is 0.